The van der Waals surface area contributed by atoms with Gasteiger partial charge in [-0.15, -0.1) is 0 Å². The fraction of sp³-hybridized carbons (Fsp3) is 0.476. The van der Waals surface area contributed by atoms with Gasteiger partial charge < -0.3 is 14.7 Å². The number of rotatable bonds is 5. The van der Waals surface area contributed by atoms with E-state index in [2.05, 4.69) is 26.8 Å². The monoisotopic (exact) mass is 367 g/mol. The third-order valence-electron chi connectivity index (χ3n) is 4.93. The van der Waals surface area contributed by atoms with Gasteiger partial charge in [-0.05, 0) is 39.4 Å². The Morgan fingerprint density at radius 2 is 1.78 bits per heavy atom. The van der Waals surface area contributed by atoms with E-state index in [-0.39, 0.29) is 11.9 Å². The number of hydrogen-bond donors (Lipinski definition) is 0. The van der Waals surface area contributed by atoms with Crippen molar-refractivity contribution in [3.63, 3.8) is 0 Å². The smallest absolute Gasteiger partial charge is 0.273 e. The van der Waals surface area contributed by atoms with Crippen LogP contribution in [0, 0.1) is 6.92 Å². The van der Waals surface area contributed by atoms with Crippen molar-refractivity contribution in [2.45, 2.75) is 33.4 Å². The van der Waals surface area contributed by atoms with E-state index < -0.39 is 0 Å². The molecule has 1 aliphatic rings. The van der Waals surface area contributed by atoms with E-state index in [0.717, 1.165) is 37.4 Å². The minimum absolute atomic E-state index is 0.0465. The maximum absolute atomic E-state index is 13.2. The summed E-state index contributed by atoms with van der Waals surface area (Å²) < 4.78 is 0. The standard InChI is InChI=1S/C21H29N5O/c1-16(2)26(15-18-8-6-5-7-9-18)20(27)19-14-17(3)22-21(23-19)25-12-10-24(4)11-13-25/h5-9,14,16H,10-13,15H2,1-4H3. The molecule has 0 unspecified atom stereocenters. The second-order valence-corrected chi connectivity index (χ2v) is 7.50. The molecule has 2 aromatic rings. The Morgan fingerprint density at radius 1 is 1.11 bits per heavy atom. The van der Waals surface area contributed by atoms with Gasteiger partial charge >= 0.3 is 0 Å². The lowest BCUT2D eigenvalue weighted by Crippen LogP contribution is -2.45. The molecule has 1 saturated heterocycles. The zero-order chi connectivity index (χ0) is 19.4. The summed E-state index contributed by atoms with van der Waals surface area (Å²) in [6.45, 7) is 10.3. The Kier molecular flexibility index (Phi) is 6.06. The molecule has 6 heteroatoms. The average Bonchev–Trinajstić information content (AvgIpc) is 2.66. The molecule has 0 N–H and O–H groups in total. The molecule has 3 rings (SSSR count). The van der Waals surface area contributed by atoms with E-state index in [1.165, 1.54) is 0 Å². The van der Waals surface area contributed by atoms with E-state index in [1.54, 1.807) is 6.07 Å². The van der Waals surface area contributed by atoms with E-state index in [1.807, 2.05) is 56.0 Å². The number of amides is 1. The van der Waals surface area contributed by atoms with Crippen molar-refractivity contribution in [3.05, 3.63) is 53.3 Å². The molecule has 1 aromatic heterocycles. The van der Waals surface area contributed by atoms with Gasteiger partial charge in [0.15, 0.2) is 0 Å². The van der Waals surface area contributed by atoms with Gasteiger partial charge in [0.2, 0.25) is 5.95 Å². The van der Waals surface area contributed by atoms with Gasteiger partial charge in [-0.1, -0.05) is 30.3 Å². The van der Waals surface area contributed by atoms with Crippen LogP contribution in [0.15, 0.2) is 36.4 Å². The van der Waals surface area contributed by atoms with Crippen molar-refractivity contribution in [1.82, 2.24) is 19.8 Å². The highest BCUT2D eigenvalue weighted by atomic mass is 16.2. The van der Waals surface area contributed by atoms with Crippen molar-refractivity contribution < 1.29 is 4.79 Å². The summed E-state index contributed by atoms with van der Waals surface area (Å²) in [7, 11) is 2.12. The zero-order valence-corrected chi connectivity index (χ0v) is 16.7. The van der Waals surface area contributed by atoms with Crippen molar-refractivity contribution in [2.75, 3.05) is 38.1 Å². The maximum Gasteiger partial charge on any atom is 0.273 e. The molecule has 1 amide bonds. The van der Waals surface area contributed by atoms with Crippen LogP contribution in [0.5, 0.6) is 0 Å². The Balaban J connectivity index is 1.83. The summed E-state index contributed by atoms with van der Waals surface area (Å²) in [5, 5.41) is 0. The molecule has 27 heavy (non-hydrogen) atoms. The first-order chi connectivity index (χ1) is 12.9. The third kappa shape index (κ3) is 4.83. The Bertz CT molecular complexity index is 769. The number of likely N-dealkylation sites (N-methyl/N-ethyl adjacent to an activating group) is 1. The van der Waals surface area contributed by atoms with E-state index >= 15 is 0 Å². The van der Waals surface area contributed by atoms with Gasteiger partial charge in [0, 0.05) is 44.5 Å². The van der Waals surface area contributed by atoms with E-state index in [4.69, 9.17) is 0 Å². The molecule has 0 aliphatic carbocycles. The van der Waals surface area contributed by atoms with Gasteiger partial charge in [0.05, 0.1) is 0 Å². The molecular weight excluding hydrogens is 338 g/mol. The number of anilines is 1. The first-order valence-corrected chi connectivity index (χ1v) is 9.58. The predicted octanol–water partition coefficient (Wildman–Crippen LogP) is 2.59. The number of benzene rings is 1. The number of aryl methyl sites for hydroxylation is 1. The van der Waals surface area contributed by atoms with Crippen molar-refractivity contribution in [3.8, 4) is 0 Å². The maximum atomic E-state index is 13.2. The predicted molar refractivity (Wildman–Crippen MR) is 108 cm³/mol. The number of piperazine rings is 1. The molecule has 0 saturated carbocycles. The quantitative estimate of drug-likeness (QED) is 0.813. The van der Waals surface area contributed by atoms with Crippen LogP contribution in [0.1, 0.15) is 35.6 Å². The van der Waals surface area contributed by atoms with Crippen LogP contribution in [0.25, 0.3) is 0 Å². The van der Waals surface area contributed by atoms with Gasteiger partial charge in [0.25, 0.3) is 5.91 Å². The lowest BCUT2D eigenvalue weighted by atomic mass is 10.1. The van der Waals surface area contributed by atoms with Crippen molar-refractivity contribution in [1.29, 1.82) is 0 Å². The van der Waals surface area contributed by atoms with Crippen LogP contribution in [-0.4, -0.2) is 64.9 Å². The van der Waals surface area contributed by atoms with Gasteiger partial charge in [-0.2, -0.15) is 0 Å². The topological polar surface area (TPSA) is 52.6 Å². The lowest BCUT2D eigenvalue weighted by Gasteiger charge is -2.33. The number of aromatic nitrogens is 2. The summed E-state index contributed by atoms with van der Waals surface area (Å²) in [5.74, 6) is 0.615. The third-order valence-corrected chi connectivity index (χ3v) is 4.93. The van der Waals surface area contributed by atoms with Gasteiger partial charge in [-0.3, -0.25) is 4.79 Å². The van der Waals surface area contributed by atoms with Crippen LogP contribution in [0.4, 0.5) is 5.95 Å². The van der Waals surface area contributed by atoms with Crippen molar-refractivity contribution >= 4 is 11.9 Å². The van der Waals surface area contributed by atoms with Crippen LogP contribution < -0.4 is 4.90 Å². The van der Waals surface area contributed by atoms with Crippen LogP contribution >= 0.6 is 0 Å². The second kappa shape index (κ2) is 8.48. The molecule has 1 aromatic carbocycles. The van der Waals surface area contributed by atoms with Crippen molar-refractivity contribution in [2.24, 2.45) is 0 Å². The minimum atomic E-state index is -0.0465. The molecule has 0 bridgehead atoms. The highest BCUT2D eigenvalue weighted by Gasteiger charge is 2.23. The van der Waals surface area contributed by atoms with Crippen LogP contribution in [-0.2, 0) is 6.54 Å². The highest BCUT2D eigenvalue weighted by molar-refractivity contribution is 5.92. The molecule has 0 radical (unpaired) electrons. The number of hydrogen-bond acceptors (Lipinski definition) is 5. The average molecular weight is 367 g/mol. The van der Waals surface area contributed by atoms with Gasteiger partial charge in [-0.25, -0.2) is 9.97 Å². The fourth-order valence-electron chi connectivity index (χ4n) is 3.23. The SMILES string of the molecule is Cc1cc(C(=O)N(Cc2ccccc2)C(C)C)nc(N2CCN(C)CC2)n1. The second-order valence-electron chi connectivity index (χ2n) is 7.50. The number of carbonyl (C=O) groups is 1. The summed E-state index contributed by atoms with van der Waals surface area (Å²) in [5.41, 5.74) is 2.41. The number of carbonyl (C=O) groups excluding carboxylic acids is 1. The normalized spacial score (nSPS) is 15.2. The summed E-state index contributed by atoms with van der Waals surface area (Å²) in [6, 6.07) is 12.0. The summed E-state index contributed by atoms with van der Waals surface area (Å²) >= 11 is 0. The summed E-state index contributed by atoms with van der Waals surface area (Å²) in [6.07, 6.45) is 0. The molecule has 6 nitrogen and oxygen atoms in total. The molecule has 0 spiro atoms. The lowest BCUT2D eigenvalue weighted by molar-refractivity contribution is 0.0684. The zero-order valence-electron chi connectivity index (χ0n) is 16.7. The fourth-order valence-corrected chi connectivity index (χ4v) is 3.23. The van der Waals surface area contributed by atoms with E-state index in [0.29, 0.717) is 18.2 Å². The van der Waals surface area contributed by atoms with Gasteiger partial charge in [0.1, 0.15) is 5.69 Å². The highest BCUT2D eigenvalue weighted by Crippen LogP contribution is 2.17. The van der Waals surface area contributed by atoms with Crippen LogP contribution in [0.2, 0.25) is 0 Å². The first-order valence-electron chi connectivity index (χ1n) is 9.58. The Morgan fingerprint density at radius 3 is 2.41 bits per heavy atom. The molecular formula is C21H29N5O. The largest absolute Gasteiger partial charge is 0.338 e. The molecule has 1 fully saturated rings. The minimum Gasteiger partial charge on any atom is -0.338 e. The number of nitrogens with zero attached hydrogens (tertiary/aromatic N) is 5. The molecule has 2 heterocycles. The van der Waals surface area contributed by atoms with E-state index in [9.17, 15) is 4.79 Å². The molecule has 1 aliphatic heterocycles. The Hall–Kier alpha value is -2.47. The molecule has 144 valence electrons. The summed E-state index contributed by atoms with van der Waals surface area (Å²) in [4.78, 5) is 28.8. The van der Waals surface area contributed by atoms with Crippen LogP contribution in [0.3, 0.4) is 0 Å². The molecule has 0 atom stereocenters. The first kappa shape index (κ1) is 19.3. The Labute approximate surface area is 161 Å².